The Hall–Kier alpha value is -1.03. The Morgan fingerprint density at radius 2 is 2.11 bits per heavy atom. The monoisotopic (exact) mass is 263 g/mol. The first-order chi connectivity index (χ1) is 9.22. The molecule has 106 valence electrons. The summed E-state index contributed by atoms with van der Waals surface area (Å²) in [5.74, 6) is 2.44. The summed E-state index contributed by atoms with van der Waals surface area (Å²) >= 11 is 0. The number of anilines is 1. The lowest BCUT2D eigenvalue weighted by atomic mass is 10.0. The summed E-state index contributed by atoms with van der Waals surface area (Å²) in [6.07, 6.45) is 6.01. The molecule has 2 fully saturated rings. The van der Waals surface area contributed by atoms with E-state index in [9.17, 15) is 0 Å². The molecule has 2 heterocycles. The van der Waals surface area contributed by atoms with E-state index >= 15 is 0 Å². The van der Waals surface area contributed by atoms with E-state index in [1.54, 1.807) is 6.26 Å². The van der Waals surface area contributed by atoms with Crippen LogP contribution in [0.25, 0.3) is 0 Å². The van der Waals surface area contributed by atoms with Crippen molar-refractivity contribution in [1.29, 1.82) is 0 Å². The number of nitrogens with zero attached hydrogens (tertiary/aromatic N) is 2. The number of hydrogen-bond donors (Lipinski definition) is 1. The van der Waals surface area contributed by atoms with Crippen LogP contribution in [0.1, 0.15) is 38.8 Å². The molecular formula is C15H25N3O. The van der Waals surface area contributed by atoms with Gasteiger partial charge in [-0.3, -0.25) is 0 Å². The van der Waals surface area contributed by atoms with Crippen molar-refractivity contribution in [2.75, 3.05) is 24.5 Å². The van der Waals surface area contributed by atoms with Gasteiger partial charge in [0.15, 0.2) is 0 Å². The van der Waals surface area contributed by atoms with Gasteiger partial charge in [0.05, 0.1) is 5.69 Å². The molecule has 1 aromatic heterocycles. The molecule has 1 N–H and O–H groups in total. The molecule has 3 rings (SSSR count). The highest BCUT2D eigenvalue weighted by Crippen LogP contribution is 2.39. The van der Waals surface area contributed by atoms with E-state index < -0.39 is 0 Å². The van der Waals surface area contributed by atoms with Gasteiger partial charge in [0, 0.05) is 19.6 Å². The van der Waals surface area contributed by atoms with E-state index in [-0.39, 0.29) is 0 Å². The molecule has 1 aliphatic heterocycles. The zero-order valence-electron chi connectivity index (χ0n) is 12.1. The second-order valence-electron chi connectivity index (χ2n) is 6.50. The van der Waals surface area contributed by atoms with Crippen molar-refractivity contribution in [1.82, 2.24) is 10.3 Å². The summed E-state index contributed by atoms with van der Waals surface area (Å²) in [4.78, 5) is 6.95. The summed E-state index contributed by atoms with van der Waals surface area (Å²) in [6, 6.07) is 0.829. The SMILES string of the molecule is CC(C)CNCc1coc(N2CC3CCCC3C2)n1. The van der Waals surface area contributed by atoms with Crippen LogP contribution < -0.4 is 10.2 Å². The lowest BCUT2D eigenvalue weighted by Gasteiger charge is -2.13. The maximum Gasteiger partial charge on any atom is 0.297 e. The highest BCUT2D eigenvalue weighted by atomic mass is 16.4. The van der Waals surface area contributed by atoms with Crippen molar-refractivity contribution >= 4 is 6.01 Å². The molecule has 0 amide bonds. The Morgan fingerprint density at radius 3 is 2.79 bits per heavy atom. The third kappa shape index (κ3) is 2.94. The van der Waals surface area contributed by atoms with E-state index in [2.05, 4.69) is 29.0 Å². The van der Waals surface area contributed by atoms with Gasteiger partial charge < -0.3 is 14.6 Å². The van der Waals surface area contributed by atoms with Crippen molar-refractivity contribution in [2.24, 2.45) is 17.8 Å². The quantitative estimate of drug-likeness (QED) is 0.886. The molecule has 0 aromatic carbocycles. The van der Waals surface area contributed by atoms with Crippen molar-refractivity contribution in [2.45, 2.75) is 39.7 Å². The number of aromatic nitrogens is 1. The Labute approximate surface area is 115 Å². The van der Waals surface area contributed by atoms with Crippen LogP contribution in [0.2, 0.25) is 0 Å². The van der Waals surface area contributed by atoms with Gasteiger partial charge in [0.2, 0.25) is 0 Å². The predicted octanol–water partition coefficient (Wildman–Crippen LogP) is 2.66. The fourth-order valence-electron chi connectivity index (χ4n) is 3.40. The maximum atomic E-state index is 5.65. The molecule has 2 aliphatic rings. The van der Waals surface area contributed by atoms with Crippen LogP contribution in [0.3, 0.4) is 0 Å². The zero-order chi connectivity index (χ0) is 13.2. The molecule has 1 saturated carbocycles. The van der Waals surface area contributed by atoms with Crippen LogP contribution in [0, 0.1) is 17.8 Å². The maximum absolute atomic E-state index is 5.65. The summed E-state index contributed by atoms with van der Waals surface area (Å²) in [5, 5.41) is 3.40. The van der Waals surface area contributed by atoms with E-state index in [0.717, 1.165) is 49.7 Å². The second-order valence-corrected chi connectivity index (χ2v) is 6.50. The normalized spacial score (nSPS) is 26.4. The van der Waals surface area contributed by atoms with Crippen molar-refractivity contribution < 1.29 is 4.42 Å². The Balaban J connectivity index is 1.53. The molecule has 0 radical (unpaired) electrons. The highest BCUT2D eigenvalue weighted by molar-refractivity contribution is 5.30. The predicted molar refractivity (Wildman–Crippen MR) is 76.1 cm³/mol. The van der Waals surface area contributed by atoms with Gasteiger partial charge >= 0.3 is 0 Å². The molecule has 4 nitrogen and oxygen atoms in total. The van der Waals surface area contributed by atoms with Crippen molar-refractivity contribution in [3.05, 3.63) is 12.0 Å². The minimum Gasteiger partial charge on any atom is -0.432 e. The number of rotatable bonds is 5. The van der Waals surface area contributed by atoms with Crippen LogP contribution in [0.4, 0.5) is 6.01 Å². The molecule has 19 heavy (non-hydrogen) atoms. The topological polar surface area (TPSA) is 41.3 Å². The largest absolute Gasteiger partial charge is 0.432 e. The summed E-state index contributed by atoms with van der Waals surface area (Å²) in [5.41, 5.74) is 1.02. The summed E-state index contributed by atoms with van der Waals surface area (Å²) < 4.78 is 5.65. The summed E-state index contributed by atoms with van der Waals surface area (Å²) in [7, 11) is 0. The van der Waals surface area contributed by atoms with Crippen LogP contribution in [-0.2, 0) is 6.54 Å². The lowest BCUT2D eigenvalue weighted by molar-refractivity contribution is 0.494. The first kappa shape index (κ1) is 13.0. The Kier molecular flexibility index (Phi) is 3.78. The summed E-state index contributed by atoms with van der Waals surface area (Å²) in [6.45, 7) is 8.54. The fraction of sp³-hybridized carbons (Fsp3) is 0.800. The molecule has 1 saturated heterocycles. The molecule has 0 bridgehead atoms. The van der Waals surface area contributed by atoms with Gasteiger partial charge in [-0.25, -0.2) is 0 Å². The highest BCUT2D eigenvalue weighted by Gasteiger charge is 2.37. The van der Waals surface area contributed by atoms with Crippen LogP contribution in [0.5, 0.6) is 0 Å². The van der Waals surface area contributed by atoms with Gasteiger partial charge in [-0.1, -0.05) is 20.3 Å². The first-order valence-corrected chi connectivity index (χ1v) is 7.62. The van der Waals surface area contributed by atoms with Gasteiger partial charge in [-0.2, -0.15) is 4.98 Å². The van der Waals surface area contributed by atoms with Gasteiger partial charge in [0.25, 0.3) is 6.01 Å². The van der Waals surface area contributed by atoms with Gasteiger partial charge in [-0.15, -0.1) is 0 Å². The Bertz CT molecular complexity index is 403. The standard InChI is InChI=1S/C15H25N3O/c1-11(2)6-16-7-14-10-19-15(17-14)18-8-12-4-3-5-13(12)9-18/h10-13,16H,3-9H2,1-2H3. The lowest BCUT2D eigenvalue weighted by Crippen LogP contribution is -2.22. The third-order valence-electron chi connectivity index (χ3n) is 4.40. The van der Waals surface area contributed by atoms with Crippen LogP contribution in [0.15, 0.2) is 10.7 Å². The molecular weight excluding hydrogens is 238 g/mol. The van der Waals surface area contributed by atoms with E-state index in [1.807, 2.05) is 0 Å². The third-order valence-corrected chi connectivity index (χ3v) is 4.40. The second kappa shape index (κ2) is 5.53. The molecule has 1 aromatic rings. The average molecular weight is 263 g/mol. The van der Waals surface area contributed by atoms with E-state index in [4.69, 9.17) is 4.42 Å². The Morgan fingerprint density at radius 1 is 1.37 bits per heavy atom. The number of oxazole rings is 1. The molecule has 2 atom stereocenters. The van der Waals surface area contributed by atoms with Crippen molar-refractivity contribution in [3.63, 3.8) is 0 Å². The minimum absolute atomic E-state index is 0.671. The molecule has 4 heteroatoms. The molecule has 2 unspecified atom stereocenters. The number of nitrogens with one attached hydrogen (secondary N) is 1. The van der Waals surface area contributed by atoms with Crippen LogP contribution in [-0.4, -0.2) is 24.6 Å². The molecule has 1 aliphatic carbocycles. The first-order valence-electron chi connectivity index (χ1n) is 7.62. The van der Waals surface area contributed by atoms with Crippen LogP contribution >= 0.6 is 0 Å². The minimum atomic E-state index is 0.671. The number of fused-ring (bicyclic) bond motifs is 1. The smallest absolute Gasteiger partial charge is 0.297 e. The zero-order valence-corrected chi connectivity index (χ0v) is 12.1. The van der Waals surface area contributed by atoms with E-state index in [1.165, 1.54) is 19.3 Å². The van der Waals surface area contributed by atoms with Gasteiger partial charge in [-0.05, 0) is 37.1 Å². The van der Waals surface area contributed by atoms with Gasteiger partial charge in [0.1, 0.15) is 6.26 Å². The average Bonchev–Trinajstić information content (AvgIpc) is 3.01. The number of hydrogen-bond acceptors (Lipinski definition) is 4. The molecule has 0 spiro atoms. The van der Waals surface area contributed by atoms with Crippen molar-refractivity contribution in [3.8, 4) is 0 Å². The fourth-order valence-corrected chi connectivity index (χ4v) is 3.40. The van der Waals surface area contributed by atoms with E-state index in [0.29, 0.717) is 5.92 Å².